The zero-order chi connectivity index (χ0) is 17.8. The summed E-state index contributed by atoms with van der Waals surface area (Å²) in [7, 11) is -0.926. The molecule has 1 saturated heterocycles. The molecule has 3 rings (SSSR count). The fourth-order valence-electron chi connectivity index (χ4n) is 3.09. The molecule has 1 heterocycles. The lowest BCUT2D eigenvalue weighted by Gasteiger charge is -2.36. The first-order chi connectivity index (χ1) is 12.0. The van der Waals surface area contributed by atoms with Crippen molar-refractivity contribution in [1.29, 1.82) is 0 Å². The summed E-state index contributed by atoms with van der Waals surface area (Å²) in [5.41, 5.74) is 2.36. The van der Waals surface area contributed by atoms with Crippen LogP contribution in [0, 0.1) is 0 Å². The summed E-state index contributed by atoms with van der Waals surface area (Å²) in [4.78, 5) is 16.7. The topological polar surface area (TPSA) is 60.9 Å². The van der Waals surface area contributed by atoms with Crippen molar-refractivity contribution in [3.8, 4) is 5.75 Å². The van der Waals surface area contributed by atoms with Gasteiger partial charge >= 0.3 is 0 Å². The summed E-state index contributed by atoms with van der Waals surface area (Å²) in [6.45, 7) is 2.58. The van der Waals surface area contributed by atoms with Crippen LogP contribution in [0.3, 0.4) is 0 Å². The minimum Gasteiger partial charge on any atom is -0.506 e. The van der Waals surface area contributed by atoms with Gasteiger partial charge in [0, 0.05) is 54.6 Å². The Kier molecular flexibility index (Phi) is 5.38. The van der Waals surface area contributed by atoms with Crippen LogP contribution in [-0.2, 0) is 16.6 Å². The Morgan fingerprint density at radius 3 is 2.48 bits per heavy atom. The number of amides is 1. The molecular formula is C19H22N2O3S. The largest absolute Gasteiger partial charge is 0.506 e. The summed E-state index contributed by atoms with van der Waals surface area (Å²) in [6.07, 6.45) is 1.66. The van der Waals surface area contributed by atoms with Crippen LogP contribution in [0.25, 0.3) is 0 Å². The Labute approximate surface area is 150 Å². The molecule has 25 heavy (non-hydrogen) atoms. The molecule has 1 aliphatic rings. The Hall–Kier alpha value is -2.34. The number of nitrogens with zero attached hydrogens (tertiary/aromatic N) is 2. The lowest BCUT2D eigenvalue weighted by molar-refractivity contribution is 0.0746. The van der Waals surface area contributed by atoms with E-state index in [2.05, 4.69) is 4.90 Å². The number of phenols is 1. The van der Waals surface area contributed by atoms with Gasteiger partial charge < -0.3 is 14.9 Å². The number of carbonyl (C=O) groups excluding carboxylic acids is 1. The van der Waals surface area contributed by atoms with E-state index in [0.717, 1.165) is 11.3 Å². The number of hydrogen-bond donors (Lipinski definition) is 1. The van der Waals surface area contributed by atoms with Crippen LogP contribution < -0.4 is 4.90 Å². The summed E-state index contributed by atoms with van der Waals surface area (Å²) >= 11 is 0. The van der Waals surface area contributed by atoms with E-state index in [4.69, 9.17) is 0 Å². The van der Waals surface area contributed by atoms with E-state index in [-0.39, 0.29) is 11.7 Å². The highest BCUT2D eigenvalue weighted by molar-refractivity contribution is 7.83. The third kappa shape index (κ3) is 4.20. The molecule has 1 N–H and O–H groups in total. The van der Waals surface area contributed by atoms with Crippen molar-refractivity contribution in [2.45, 2.75) is 5.75 Å². The van der Waals surface area contributed by atoms with Crippen LogP contribution in [0.2, 0.25) is 0 Å². The minimum atomic E-state index is -0.926. The molecule has 1 atom stereocenters. The van der Waals surface area contributed by atoms with Crippen molar-refractivity contribution in [3.05, 3.63) is 59.7 Å². The monoisotopic (exact) mass is 358 g/mol. The van der Waals surface area contributed by atoms with Crippen molar-refractivity contribution in [2.75, 3.05) is 37.3 Å². The highest BCUT2D eigenvalue weighted by Crippen LogP contribution is 2.27. The lowest BCUT2D eigenvalue weighted by atomic mass is 10.1. The van der Waals surface area contributed by atoms with Gasteiger partial charge in [0.05, 0.1) is 5.69 Å². The number of benzene rings is 2. The second-order valence-corrected chi connectivity index (χ2v) is 7.62. The zero-order valence-corrected chi connectivity index (χ0v) is 15.0. The lowest BCUT2D eigenvalue weighted by Crippen LogP contribution is -2.48. The molecule has 0 spiro atoms. The number of anilines is 1. The maximum atomic E-state index is 12.7. The first-order valence-corrected chi connectivity index (χ1v) is 9.98. The highest BCUT2D eigenvalue weighted by atomic mass is 32.2. The van der Waals surface area contributed by atoms with E-state index in [9.17, 15) is 14.1 Å². The Morgan fingerprint density at radius 2 is 1.80 bits per heavy atom. The van der Waals surface area contributed by atoms with Crippen LogP contribution in [-0.4, -0.2) is 52.6 Å². The van der Waals surface area contributed by atoms with Gasteiger partial charge in [-0.05, 0) is 29.8 Å². The van der Waals surface area contributed by atoms with Gasteiger partial charge in [0.15, 0.2) is 0 Å². The molecule has 132 valence electrons. The summed E-state index contributed by atoms with van der Waals surface area (Å²) in [6, 6.07) is 14.6. The second-order valence-electron chi connectivity index (χ2n) is 6.19. The average Bonchev–Trinajstić information content (AvgIpc) is 2.61. The molecule has 2 aromatic carbocycles. The van der Waals surface area contributed by atoms with E-state index < -0.39 is 10.8 Å². The molecule has 1 fully saturated rings. The maximum absolute atomic E-state index is 12.7. The van der Waals surface area contributed by atoms with Crippen LogP contribution >= 0.6 is 0 Å². The number of aromatic hydroxyl groups is 1. The van der Waals surface area contributed by atoms with Gasteiger partial charge in [-0.2, -0.15) is 0 Å². The third-order valence-electron chi connectivity index (χ3n) is 4.33. The molecule has 6 heteroatoms. The quantitative estimate of drug-likeness (QED) is 0.911. The van der Waals surface area contributed by atoms with E-state index in [1.54, 1.807) is 24.5 Å². The minimum absolute atomic E-state index is 0.000619. The fraction of sp³-hybridized carbons (Fsp3) is 0.316. The van der Waals surface area contributed by atoms with E-state index >= 15 is 0 Å². The zero-order valence-electron chi connectivity index (χ0n) is 14.2. The Morgan fingerprint density at radius 1 is 1.08 bits per heavy atom. The first-order valence-electron chi connectivity index (χ1n) is 8.26. The van der Waals surface area contributed by atoms with Gasteiger partial charge in [-0.15, -0.1) is 0 Å². The van der Waals surface area contributed by atoms with Gasteiger partial charge in [0.1, 0.15) is 5.75 Å². The van der Waals surface area contributed by atoms with E-state index in [1.165, 1.54) is 0 Å². The highest BCUT2D eigenvalue weighted by Gasteiger charge is 2.23. The van der Waals surface area contributed by atoms with Gasteiger partial charge in [-0.25, -0.2) is 0 Å². The van der Waals surface area contributed by atoms with Crippen molar-refractivity contribution in [2.24, 2.45) is 0 Å². The van der Waals surface area contributed by atoms with Gasteiger partial charge in [-0.1, -0.05) is 24.3 Å². The fourth-order valence-corrected chi connectivity index (χ4v) is 3.74. The van der Waals surface area contributed by atoms with E-state index in [0.29, 0.717) is 37.5 Å². The number of rotatable bonds is 4. The molecule has 1 unspecified atom stereocenters. The number of phenolic OH excluding ortho intramolecular Hbond substituents is 1. The van der Waals surface area contributed by atoms with Gasteiger partial charge in [0.2, 0.25) is 0 Å². The van der Waals surface area contributed by atoms with Crippen LogP contribution in [0.15, 0.2) is 48.5 Å². The molecule has 0 aromatic heterocycles. The van der Waals surface area contributed by atoms with Crippen LogP contribution in [0.5, 0.6) is 5.75 Å². The molecule has 0 radical (unpaired) electrons. The number of carbonyl (C=O) groups is 1. The maximum Gasteiger partial charge on any atom is 0.253 e. The molecular weight excluding hydrogens is 336 g/mol. The van der Waals surface area contributed by atoms with Crippen LogP contribution in [0.4, 0.5) is 5.69 Å². The summed E-state index contributed by atoms with van der Waals surface area (Å²) in [5, 5.41) is 9.97. The van der Waals surface area contributed by atoms with Crippen LogP contribution in [0.1, 0.15) is 15.9 Å². The molecule has 5 nitrogen and oxygen atoms in total. The Balaban J connectivity index is 1.66. The van der Waals surface area contributed by atoms with Gasteiger partial charge in [0.25, 0.3) is 5.91 Å². The predicted molar refractivity (Wildman–Crippen MR) is 100 cm³/mol. The van der Waals surface area contributed by atoms with Crippen molar-refractivity contribution in [3.63, 3.8) is 0 Å². The second kappa shape index (κ2) is 7.70. The number of hydrogen-bond acceptors (Lipinski definition) is 4. The number of para-hydroxylation sites is 2. The summed E-state index contributed by atoms with van der Waals surface area (Å²) < 4.78 is 11.4. The molecule has 0 bridgehead atoms. The average molecular weight is 358 g/mol. The normalized spacial score (nSPS) is 15.9. The number of piperazine rings is 1. The molecule has 1 aliphatic heterocycles. The smallest absolute Gasteiger partial charge is 0.253 e. The van der Waals surface area contributed by atoms with Crippen molar-refractivity contribution in [1.82, 2.24) is 4.90 Å². The molecule has 2 aromatic rings. The standard InChI is InChI=1S/C19H22N2O3S/c1-25(24)14-15-5-4-6-16(13-15)19(23)21-11-9-20(10-12-21)17-7-2-3-8-18(17)22/h2-8,13,22H,9-12,14H2,1H3. The first kappa shape index (κ1) is 17.5. The third-order valence-corrected chi connectivity index (χ3v) is 5.07. The molecule has 1 amide bonds. The predicted octanol–water partition coefficient (Wildman–Crippen LogP) is 2.23. The van der Waals surface area contributed by atoms with Gasteiger partial charge in [-0.3, -0.25) is 9.00 Å². The Bertz CT molecular complexity index is 786. The molecule has 0 aliphatic carbocycles. The van der Waals surface area contributed by atoms with Crippen molar-refractivity contribution < 1.29 is 14.1 Å². The van der Waals surface area contributed by atoms with Crippen molar-refractivity contribution >= 4 is 22.4 Å². The van der Waals surface area contributed by atoms with E-state index in [1.807, 2.05) is 35.2 Å². The SMILES string of the molecule is CS(=O)Cc1cccc(C(=O)N2CCN(c3ccccc3O)CC2)c1. The molecule has 0 saturated carbocycles. The summed E-state index contributed by atoms with van der Waals surface area (Å²) in [5.74, 6) is 0.727.